The number of hydrogen-bond donors (Lipinski definition) is 2. The van der Waals surface area contributed by atoms with Gasteiger partial charge in [-0.25, -0.2) is 0 Å². The van der Waals surface area contributed by atoms with Crippen LogP contribution in [0.25, 0.3) is 0 Å². The molecule has 7 heteroatoms. The van der Waals surface area contributed by atoms with E-state index in [1.54, 1.807) is 30.3 Å². The van der Waals surface area contributed by atoms with Gasteiger partial charge in [0.15, 0.2) is 11.5 Å². The van der Waals surface area contributed by atoms with Gasteiger partial charge in [0.2, 0.25) is 0 Å². The molecule has 7 nitrogen and oxygen atoms in total. The van der Waals surface area contributed by atoms with Gasteiger partial charge in [-0.15, -0.1) is 0 Å². The standard InChI is InChI=1S/C20H21N3O4/c1-4-27-17-8-6-5-7-16(17)22-13-14(12-21)20(24)23-15-9-10-18(25-2)19(11-15)26-3/h5-11,13,22H,4H2,1-3H3,(H,23,24)/b14-13-. The second kappa shape index (κ2) is 9.73. The van der Waals surface area contributed by atoms with Gasteiger partial charge in [0.1, 0.15) is 17.4 Å². The van der Waals surface area contributed by atoms with Gasteiger partial charge in [0.25, 0.3) is 5.91 Å². The van der Waals surface area contributed by atoms with E-state index in [9.17, 15) is 10.1 Å². The van der Waals surface area contributed by atoms with Gasteiger partial charge < -0.3 is 24.8 Å². The van der Waals surface area contributed by atoms with Crippen LogP contribution in [-0.4, -0.2) is 26.7 Å². The highest BCUT2D eigenvalue weighted by Crippen LogP contribution is 2.30. The summed E-state index contributed by atoms with van der Waals surface area (Å²) in [6.45, 7) is 2.39. The Bertz CT molecular complexity index is 872. The number of nitrogens with one attached hydrogen (secondary N) is 2. The minimum absolute atomic E-state index is 0.0870. The number of methoxy groups -OCH3 is 2. The largest absolute Gasteiger partial charge is 0.493 e. The third-order valence-electron chi connectivity index (χ3n) is 3.57. The number of hydrogen-bond acceptors (Lipinski definition) is 6. The van der Waals surface area contributed by atoms with Crippen LogP contribution in [0.2, 0.25) is 0 Å². The molecule has 0 aliphatic rings. The predicted octanol–water partition coefficient (Wildman–Crippen LogP) is 3.56. The molecule has 2 aromatic carbocycles. The molecule has 0 fully saturated rings. The molecule has 1 amide bonds. The number of amides is 1. The van der Waals surface area contributed by atoms with Crippen molar-refractivity contribution in [2.75, 3.05) is 31.5 Å². The maximum absolute atomic E-state index is 12.4. The molecular formula is C20H21N3O4. The molecule has 0 saturated carbocycles. The van der Waals surface area contributed by atoms with Crippen LogP contribution in [0.5, 0.6) is 17.2 Å². The van der Waals surface area contributed by atoms with Crippen molar-refractivity contribution < 1.29 is 19.0 Å². The first-order chi connectivity index (χ1) is 13.1. The first-order valence-electron chi connectivity index (χ1n) is 8.25. The van der Waals surface area contributed by atoms with Crippen LogP contribution in [0.4, 0.5) is 11.4 Å². The Balaban J connectivity index is 2.14. The van der Waals surface area contributed by atoms with Crippen molar-refractivity contribution in [3.8, 4) is 23.3 Å². The summed E-state index contributed by atoms with van der Waals surface area (Å²) >= 11 is 0. The zero-order valence-corrected chi connectivity index (χ0v) is 15.4. The quantitative estimate of drug-likeness (QED) is 0.547. The first kappa shape index (κ1) is 19.7. The summed E-state index contributed by atoms with van der Waals surface area (Å²) in [7, 11) is 3.03. The molecule has 27 heavy (non-hydrogen) atoms. The van der Waals surface area contributed by atoms with Crippen LogP contribution in [-0.2, 0) is 4.79 Å². The normalized spacial score (nSPS) is 10.5. The maximum atomic E-state index is 12.4. The van der Waals surface area contributed by atoms with Crippen molar-refractivity contribution in [2.24, 2.45) is 0 Å². The molecule has 0 aliphatic heterocycles. The lowest BCUT2D eigenvalue weighted by atomic mass is 10.2. The molecule has 0 spiro atoms. The number of benzene rings is 2. The molecule has 140 valence electrons. The van der Waals surface area contributed by atoms with E-state index in [2.05, 4.69) is 10.6 Å². The number of ether oxygens (including phenoxy) is 3. The molecule has 0 radical (unpaired) electrons. The SMILES string of the molecule is CCOc1ccccc1N/C=C(/C#N)C(=O)Nc1ccc(OC)c(OC)c1. The van der Waals surface area contributed by atoms with E-state index in [0.717, 1.165) is 0 Å². The van der Waals surface area contributed by atoms with E-state index in [4.69, 9.17) is 14.2 Å². The van der Waals surface area contributed by atoms with Crippen LogP contribution < -0.4 is 24.8 Å². The highest BCUT2D eigenvalue weighted by atomic mass is 16.5. The maximum Gasteiger partial charge on any atom is 0.267 e. The average molecular weight is 367 g/mol. The lowest BCUT2D eigenvalue weighted by molar-refractivity contribution is -0.112. The van der Waals surface area contributed by atoms with Gasteiger partial charge in [-0.3, -0.25) is 4.79 Å². The second-order valence-electron chi connectivity index (χ2n) is 5.27. The molecule has 0 unspecified atom stereocenters. The summed E-state index contributed by atoms with van der Waals surface area (Å²) in [5.41, 5.74) is 1.05. The van der Waals surface area contributed by atoms with E-state index in [1.165, 1.54) is 20.4 Å². The van der Waals surface area contributed by atoms with E-state index >= 15 is 0 Å². The predicted molar refractivity (Wildman–Crippen MR) is 103 cm³/mol. The lowest BCUT2D eigenvalue weighted by Gasteiger charge is -2.11. The van der Waals surface area contributed by atoms with Crippen molar-refractivity contribution in [2.45, 2.75) is 6.92 Å². The van der Waals surface area contributed by atoms with E-state index in [0.29, 0.717) is 35.2 Å². The van der Waals surface area contributed by atoms with Gasteiger partial charge in [-0.2, -0.15) is 5.26 Å². The highest BCUT2D eigenvalue weighted by molar-refractivity contribution is 6.06. The zero-order chi connectivity index (χ0) is 19.6. The molecule has 2 N–H and O–H groups in total. The average Bonchev–Trinajstić information content (AvgIpc) is 2.69. The molecule has 2 aromatic rings. The topological polar surface area (TPSA) is 92.6 Å². The van der Waals surface area contributed by atoms with Crippen LogP contribution in [0, 0.1) is 11.3 Å². The Morgan fingerprint density at radius 2 is 1.85 bits per heavy atom. The molecule has 0 saturated heterocycles. The number of nitriles is 1. The van der Waals surface area contributed by atoms with Crippen molar-refractivity contribution in [1.82, 2.24) is 0 Å². The van der Waals surface area contributed by atoms with Crippen molar-refractivity contribution in [1.29, 1.82) is 5.26 Å². The summed E-state index contributed by atoms with van der Waals surface area (Å²) in [5.74, 6) is 1.10. The smallest absolute Gasteiger partial charge is 0.267 e. The molecule has 0 atom stereocenters. The second-order valence-corrected chi connectivity index (χ2v) is 5.27. The lowest BCUT2D eigenvalue weighted by Crippen LogP contribution is -2.14. The van der Waals surface area contributed by atoms with Crippen LogP contribution in [0.15, 0.2) is 54.2 Å². The summed E-state index contributed by atoms with van der Waals surface area (Å²) in [6, 6.07) is 14.1. The van der Waals surface area contributed by atoms with Crippen molar-refractivity contribution >= 4 is 17.3 Å². The number of anilines is 2. The number of carbonyl (C=O) groups excluding carboxylic acids is 1. The van der Waals surface area contributed by atoms with Gasteiger partial charge in [0.05, 0.1) is 26.5 Å². The molecule has 0 bridgehead atoms. The van der Waals surface area contributed by atoms with Gasteiger partial charge >= 0.3 is 0 Å². The fourth-order valence-corrected chi connectivity index (χ4v) is 2.28. The molecular weight excluding hydrogens is 346 g/mol. The Morgan fingerprint density at radius 1 is 1.11 bits per heavy atom. The third kappa shape index (κ3) is 5.16. The van der Waals surface area contributed by atoms with Crippen molar-refractivity contribution in [3.63, 3.8) is 0 Å². The fraction of sp³-hybridized carbons (Fsp3) is 0.200. The van der Waals surface area contributed by atoms with Crippen molar-refractivity contribution in [3.05, 3.63) is 54.2 Å². The number of nitrogens with zero attached hydrogens (tertiary/aromatic N) is 1. The monoisotopic (exact) mass is 367 g/mol. The van der Waals surface area contributed by atoms with Gasteiger partial charge in [-0.1, -0.05) is 12.1 Å². The van der Waals surface area contributed by atoms with Gasteiger partial charge in [-0.05, 0) is 31.2 Å². The zero-order valence-electron chi connectivity index (χ0n) is 15.4. The summed E-state index contributed by atoms with van der Waals surface area (Å²) in [5, 5.41) is 14.9. The van der Waals surface area contributed by atoms with E-state index < -0.39 is 5.91 Å². The number of rotatable bonds is 8. The Morgan fingerprint density at radius 3 is 2.52 bits per heavy atom. The minimum Gasteiger partial charge on any atom is -0.493 e. The summed E-state index contributed by atoms with van der Waals surface area (Å²) < 4.78 is 15.9. The highest BCUT2D eigenvalue weighted by Gasteiger charge is 2.12. The fourth-order valence-electron chi connectivity index (χ4n) is 2.28. The molecule has 2 rings (SSSR count). The van der Waals surface area contributed by atoms with Crippen LogP contribution >= 0.6 is 0 Å². The van der Waals surface area contributed by atoms with E-state index in [1.807, 2.05) is 25.1 Å². The van der Waals surface area contributed by atoms with E-state index in [-0.39, 0.29) is 5.57 Å². The third-order valence-corrected chi connectivity index (χ3v) is 3.57. The van der Waals surface area contributed by atoms with Crippen LogP contribution in [0.3, 0.4) is 0 Å². The first-order valence-corrected chi connectivity index (χ1v) is 8.25. The molecule has 0 heterocycles. The van der Waals surface area contributed by atoms with Crippen LogP contribution in [0.1, 0.15) is 6.92 Å². The Kier molecular flexibility index (Phi) is 7.08. The molecule has 0 aliphatic carbocycles. The summed E-state index contributed by atoms with van der Waals surface area (Å²) in [4.78, 5) is 12.4. The Hall–Kier alpha value is -3.66. The number of carbonyl (C=O) groups is 1. The van der Waals surface area contributed by atoms with Gasteiger partial charge in [0, 0.05) is 18.0 Å². The number of para-hydroxylation sites is 2. The summed E-state index contributed by atoms with van der Waals surface area (Å²) in [6.07, 6.45) is 1.34. The Labute approximate surface area is 158 Å². The molecule has 0 aromatic heterocycles. The minimum atomic E-state index is -0.550.